The van der Waals surface area contributed by atoms with E-state index in [9.17, 15) is 23.8 Å². The third kappa shape index (κ3) is 4.48. The van der Waals surface area contributed by atoms with Crippen molar-refractivity contribution in [3.05, 3.63) is 59.0 Å². The number of fused-ring (bicyclic) bond motifs is 2. The van der Waals surface area contributed by atoms with Crippen molar-refractivity contribution in [3.8, 4) is 11.5 Å². The number of hydrogen-bond acceptors (Lipinski definition) is 5. The van der Waals surface area contributed by atoms with Crippen molar-refractivity contribution in [1.29, 1.82) is 0 Å². The van der Waals surface area contributed by atoms with Crippen LogP contribution in [-0.2, 0) is 28.6 Å². The van der Waals surface area contributed by atoms with E-state index < -0.39 is 30.2 Å². The van der Waals surface area contributed by atoms with E-state index in [0.29, 0.717) is 29.3 Å². The van der Waals surface area contributed by atoms with Crippen LogP contribution in [0.25, 0.3) is 10.9 Å². The number of Topliss-reactive ketones (excluding diaryl/α,β-unsaturated/α-hetero) is 1. The predicted molar refractivity (Wildman–Crippen MR) is 131 cm³/mol. The second-order valence-corrected chi connectivity index (χ2v) is 10.6. The van der Waals surface area contributed by atoms with E-state index in [-0.39, 0.29) is 41.2 Å². The van der Waals surface area contributed by atoms with E-state index in [0.717, 1.165) is 12.1 Å². The average molecular weight is 519 g/mol. The molecule has 1 saturated carbocycles. The highest BCUT2D eigenvalue weighted by atomic mass is 19.3. The van der Waals surface area contributed by atoms with Crippen molar-refractivity contribution < 1.29 is 39.0 Å². The SMILES string of the molecule is [2H][C@@](O)(CO)Cn1c(C(C)(C)CC)cc2cc(CC(=O)C3(c4ccc5c(c4)OC(F)(F)O5)CC3)c(F)cc21. The van der Waals surface area contributed by atoms with Crippen LogP contribution in [0.4, 0.5) is 13.2 Å². The molecule has 1 aliphatic heterocycles. The standard InChI is InChI=1S/C28H30F3NO5/c1-4-26(2,3)24-10-17-9-16(20(29)13-21(17)32(24)14-19(34)15-33)11-25(35)27(7-8-27)18-5-6-22-23(12-18)37-28(30,31)36-22/h5-6,9-10,12-13,19,33-34H,4,7-8,11,14-15H2,1-3H3/t19-/m0/s1/i19D. The van der Waals surface area contributed by atoms with E-state index in [4.69, 9.17) is 1.37 Å². The number of alkyl halides is 2. The number of benzene rings is 2. The lowest BCUT2D eigenvalue weighted by molar-refractivity contribution is -0.286. The van der Waals surface area contributed by atoms with Gasteiger partial charge in [0.05, 0.1) is 31.5 Å². The first kappa shape index (κ1) is 24.3. The zero-order valence-electron chi connectivity index (χ0n) is 21.9. The number of aliphatic hydroxyl groups excluding tert-OH is 1. The van der Waals surface area contributed by atoms with Crippen LogP contribution in [0.15, 0.2) is 36.4 Å². The fourth-order valence-corrected chi connectivity index (χ4v) is 5.05. The van der Waals surface area contributed by atoms with Gasteiger partial charge in [-0.3, -0.25) is 4.79 Å². The zero-order valence-corrected chi connectivity index (χ0v) is 20.9. The van der Waals surface area contributed by atoms with Gasteiger partial charge in [-0.05, 0) is 60.7 Å². The first-order chi connectivity index (χ1) is 17.7. The quantitative estimate of drug-likeness (QED) is 0.417. The molecule has 0 amide bonds. The van der Waals surface area contributed by atoms with Crippen LogP contribution in [0.3, 0.4) is 0 Å². The Balaban J connectivity index is 1.48. The third-order valence-electron chi connectivity index (χ3n) is 7.76. The summed E-state index contributed by atoms with van der Waals surface area (Å²) in [7, 11) is 0. The van der Waals surface area contributed by atoms with Crippen LogP contribution < -0.4 is 9.47 Å². The summed E-state index contributed by atoms with van der Waals surface area (Å²) in [6.07, 6.45) is -4.34. The van der Waals surface area contributed by atoms with Gasteiger partial charge in [-0.2, -0.15) is 0 Å². The molecule has 2 aliphatic rings. The topological polar surface area (TPSA) is 80.9 Å². The second kappa shape index (κ2) is 8.77. The van der Waals surface area contributed by atoms with E-state index in [1.54, 1.807) is 16.7 Å². The van der Waals surface area contributed by atoms with Gasteiger partial charge >= 0.3 is 6.29 Å². The lowest BCUT2D eigenvalue weighted by Gasteiger charge is -2.26. The van der Waals surface area contributed by atoms with Crippen molar-refractivity contribution in [2.75, 3.05) is 6.61 Å². The number of ether oxygens (including phenoxy) is 2. The molecule has 37 heavy (non-hydrogen) atoms. The van der Waals surface area contributed by atoms with Gasteiger partial charge in [0, 0.05) is 22.9 Å². The van der Waals surface area contributed by atoms with Crippen LogP contribution in [0.2, 0.25) is 0 Å². The number of halogens is 3. The fourth-order valence-electron chi connectivity index (χ4n) is 5.05. The Labute approximate surface area is 214 Å². The minimum atomic E-state index is -3.76. The summed E-state index contributed by atoms with van der Waals surface area (Å²) in [6, 6.07) is 9.07. The monoisotopic (exact) mass is 518 g/mol. The van der Waals surface area contributed by atoms with Gasteiger partial charge in [0.1, 0.15) is 11.6 Å². The largest absolute Gasteiger partial charge is 0.586 e. The van der Waals surface area contributed by atoms with E-state index in [2.05, 4.69) is 9.47 Å². The first-order valence-electron chi connectivity index (χ1n) is 12.8. The number of aromatic nitrogens is 1. The number of carbonyl (C=O) groups is 1. The van der Waals surface area contributed by atoms with Crippen LogP contribution in [0.5, 0.6) is 11.5 Å². The van der Waals surface area contributed by atoms with E-state index >= 15 is 4.39 Å². The van der Waals surface area contributed by atoms with E-state index in [1.807, 2.05) is 26.8 Å². The molecule has 6 nitrogen and oxygen atoms in total. The summed E-state index contributed by atoms with van der Waals surface area (Å²) >= 11 is 0. The summed E-state index contributed by atoms with van der Waals surface area (Å²) in [5.74, 6) is -1.07. The molecule has 0 saturated heterocycles. The number of rotatable bonds is 9. The van der Waals surface area contributed by atoms with Crippen molar-refractivity contribution in [3.63, 3.8) is 0 Å². The molecule has 0 spiro atoms. The highest BCUT2D eigenvalue weighted by Gasteiger charge is 2.52. The Bertz CT molecular complexity index is 1430. The molecule has 2 aromatic carbocycles. The Morgan fingerprint density at radius 1 is 1.19 bits per heavy atom. The first-order valence-corrected chi connectivity index (χ1v) is 12.3. The van der Waals surface area contributed by atoms with Crippen LogP contribution in [-0.4, -0.2) is 39.5 Å². The van der Waals surface area contributed by atoms with Crippen LogP contribution in [0, 0.1) is 5.82 Å². The molecule has 1 aromatic heterocycles. The lowest BCUT2D eigenvalue weighted by Crippen LogP contribution is -2.26. The molecule has 0 radical (unpaired) electrons. The number of hydrogen-bond donors (Lipinski definition) is 2. The van der Waals surface area contributed by atoms with Gasteiger partial charge in [-0.15, -0.1) is 8.78 Å². The maximum atomic E-state index is 15.4. The molecule has 5 rings (SSSR count). The van der Waals surface area contributed by atoms with Crippen LogP contribution in [0.1, 0.15) is 58.2 Å². The maximum absolute atomic E-state index is 15.4. The van der Waals surface area contributed by atoms with Gasteiger partial charge in [-0.1, -0.05) is 26.8 Å². The van der Waals surface area contributed by atoms with Gasteiger partial charge in [-0.25, -0.2) is 4.39 Å². The molecule has 2 heterocycles. The number of aliphatic hydroxyl groups is 2. The zero-order chi connectivity index (χ0) is 27.7. The Morgan fingerprint density at radius 3 is 2.54 bits per heavy atom. The highest BCUT2D eigenvalue weighted by molar-refractivity contribution is 5.95. The Kier molecular flexibility index (Phi) is 5.76. The van der Waals surface area contributed by atoms with E-state index in [1.165, 1.54) is 18.2 Å². The van der Waals surface area contributed by atoms with Crippen molar-refractivity contribution in [1.82, 2.24) is 4.57 Å². The van der Waals surface area contributed by atoms with Gasteiger partial charge in [0.25, 0.3) is 0 Å². The van der Waals surface area contributed by atoms with Gasteiger partial charge < -0.3 is 24.3 Å². The minimum absolute atomic E-state index is 0.102. The highest BCUT2D eigenvalue weighted by Crippen LogP contribution is 2.52. The molecule has 1 atom stereocenters. The van der Waals surface area contributed by atoms with Crippen molar-refractivity contribution in [2.45, 2.75) is 76.2 Å². The average Bonchev–Trinajstić information content (AvgIpc) is 3.50. The molecule has 1 fully saturated rings. The lowest BCUT2D eigenvalue weighted by atomic mass is 9.86. The Morgan fingerprint density at radius 2 is 1.89 bits per heavy atom. The fraction of sp³-hybridized carbons (Fsp3) is 0.464. The Hall–Kier alpha value is -3.04. The van der Waals surface area contributed by atoms with Crippen molar-refractivity contribution >= 4 is 16.7 Å². The predicted octanol–water partition coefficient (Wildman–Crippen LogP) is 4.99. The summed E-state index contributed by atoms with van der Waals surface area (Å²) in [4.78, 5) is 13.4. The molecular formula is C28H30F3NO5. The number of carbonyl (C=O) groups excluding carboxylic acids is 1. The molecule has 198 valence electrons. The molecule has 0 bridgehead atoms. The molecule has 3 aromatic rings. The second-order valence-electron chi connectivity index (χ2n) is 10.6. The molecule has 1 aliphatic carbocycles. The number of ketones is 1. The summed E-state index contributed by atoms with van der Waals surface area (Å²) in [5.41, 5.74) is 0.677. The normalized spacial score (nSPS) is 19.5. The smallest absolute Gasteiger partial charge is 0.395 e. The molecule has 0 unspecified atom stereocenters. The van der Waals surface area contributed by atoms with Gasteiger partial charge in [0.2, 0.25) is 0 Å². The summed E-state index contributed by atoms with van der Waals surface area (Å²) in [6.45, 7) is 4.96. The van der Waals surface area contributed by atoms with Crippen molar-refractivity contribution in [2.24, 2.45) is 0 Å². The summed E-state index contributed by atoms with van der Waals surface area (Å²) in [5, 5.41) is 20.4. The molecular weight excluding hydrogens is 487 g/mol. The van der Waals surface area contributed by atoms with Gasteiger partial charge in [0.15, 0.2) is 11.5 Å². The molecule has 9 heteroatoms. The molecule has 2 N–H and O–H groups in total. The minimum Gasteiger partial charge on any atom is -0.395 e. The summed E-state index contributed by atoms with van der Waals surface area (Å²) < 4.78 is 60.9. The third-order valence-corrected chi connectivity index (χ3v) is 7.76. The van der Waals surface area contributed by atoms with Crippen LogP contribution >= 0.6 is 0 Å². The number of nitrogens with zero attached hydrogens (tertiary/aromatic N) is 1. The maximum Gasteiger partial charge on any atom is 0.586 e.